The van der Waals surface area contributed by atoms with Crippen LogP contribution in [0.4, 0.5) is 0 Å². The number of fused-ring (bicyclic) bond motifs is 1. The monoisotopic (exact) mass is 375 g/mol. The highest BCUT2D eigenvalue weighted by molar-refractivity contribution is 7.89. The van der Waals surface area contributed by atoms with E-state index in [1.54, 1.807) is 6.92 Å². The van der Waals surface area contributed by atoms with E-state index in [-0.39, 0.29) is 24.8 Å². The third kappa shape index (κ3) is 3.30. The van der Waals surface area contributed by atoms with Crippen LogP contribution in [0.2, 0.25) is 0 Å². The number of sulfonamides is 1. The van der Waals surface area contributed by atoms with Gasteiger partial charge in [0.2, 0.25) is 16.8 Å². The normalized spacial score (nSPS) is 23.1. The zero-order chi connectivity index (χ0) is 18.1. The standard InChI is InChI=1S/C19H21NO5S/c1-2-26(21,22)20-11-18(14-6-4-3-5-7-14)25-19(12-20)15-8-9-16-17(10-15)24-13-23-16/h3-10,18-19H,2,11-13H2,1H3/t18-,19+/m0/s1. The molecule has 1 fully saturated rings. The first-order valence-corrected chi connectivity index (χ1v) is 10.3. The molecule has 2 aliphatic rings. The molecule has 0 spiro atoms. The van der Waals surface area contributed by atoms with Gasteiger partial charge in [0.1, 0.15) is 0 Å². The van der Waals surface area contributed by atoms with Crippen molar-refractivity contribution in [2.45, 2.75) is 19.1 Å². The minimum absolute atomic E-state index is 0.0718. The molecule has 2 aromatic rings. The lowest BCUT2D eigenvalue weighted by Crippen LogP contribution is -2.44. The van der Waals surface area contributed by atoms with Gasteiger partial charge in [-0.25, -0.2) is 8.42 Å². The lowest BCUT2D eigenvalue weighted by Gasteiger charge is -2.37. The Hall–Kier alpha value is -2.09. The largest absolute Gasteiger partial charge is 0.454 e. The number of morpholine rings is 1. The Bertz CT molecular complexity index is 884. The van der Waals surface area contributed by atoms with Crippen LogP contribution >= 0.6 is 0 Å². The maximum Gasteiger partial charge on any atom is 0.231 e. The van der Waals surface area contributed by atoms with Crippen LogP contribution in [0.5, 0.6) is 11.5 Å². The molecular weight excluding hydrogens is 354 g/mol. The van der Waals surface area contributed by atoms with Crippen molar-refractivity contribution < 1.29 is 22.6 Å². The Morgan fingerprint density at radius 2 is 1.65 bits per heavy atom. The van der Waals surface area contributed by atoms with Crippen LogP contribution in [0.25, 0.3) is 0 Å². The average Bonchev–Trinajstić information content (AvgIpc) is 3.16. The van der Waals surface area contributed by atoms with E-state index < -0.39 is 10.0 Å². The van der Waals surface area contributed by atoms with Crippen molar-refractivity contribution in [3.63, 3.8) is 0 Å². The number of ether oxygens (including phenoxy) is 3. The Morgan fingerprint density at radius 3 is 2.38 bits per heavy atom. The Labute approximate surface area is 153 Å². The van der Waals surface area contributed by atoms with Gasteiger partial charge >= 0.3 is 0 Å². The molecular formula is C19H21NO5S. The van der Waals surface area contributed by atoms with Gasteiger partial charge in [0, 0.05) is 13.1 Å². The molecule has 0 unspecified atom stereocenters. The minimum Gasteiger partial charge on any atom is -0.454 e. The third-order valence-electron chi connectivity index (χ3n) is 4.77. The molecule has 26 heavy (non-hydrogen) atoms. The predicted molar refractivity (Wildman–Crippen MR) is 96.6 cm³/mol. The van der Waals surface area contributed by atoms with Gasteiger partial charge in [0.05, 0.1) is 18.0 Å². The zero-order valence-electron chi connectivity index (χ0n) is 14.5. The molecule has 0 amide bonds. The van der Waals surface area contributed by atoms with Gasteiger partial charge in [-0.2, -0.15) is 4.31 Å². The highest BCUT2D eigenvalue weighted by Gasteiger charge is 2.35. The van der Waals surface area contributed by atoms with Gasteiger partial charge in [-0.1, -0.05) is 36.4 Å². The van der Waals surface area contributed by atoms with E-state index in [4.69, 9.17) is 14.2 Å². The molecule has 0 bridgehead atoms. The van der Waals surface area contributed by atoms with Crippen molar-refractivity contribution in [2.75, 3.05) is 25.6 Å². The van der Waals surface area contributed by atoms with Crippen LogP contribution in [0.1, 0.15) is 30.3 Å². The van der Waals surface area contributed by atoms with E-state index in [2.05, 4.69) is 0 Å². The number of hydrogen-bond donors (Lipinski definition) is 0. The van der Waals surface area contributed by atoms with Crippen molar-refractivity contribution in [3.05, 3.63) is 59.7 Å². The molecule has 2 aliphatic heterocycles. The summed E-state index contributed by atoms with van der Waals surface area (Å²) in [5.74, 6) is 1.43. The summed E-state index contributed by atoms with van der Waals surface area (Å²) >= 11 is 0. The fourth-order valence-corrected chi connectivity index (χ4v) is 4.38. The second-order valence-corrected chi connectivity index (χ2v) is 8.61. The van der Waals surface area contributed by atoms with Gasteiger partial charge in [0.25, 0.3) is 0 Å². The minimum atomic E-state index is -3.32. The Kier molecular flexibility index (Phi) is 4.60. The van der Waals surface area contributed by atoms with Crippen LogP contribution in [0.3, 0.4) is 0 Å². The Morgan fingerprint density at radius 1 is 0.962 bits per heavy atom. The molecule has 0 radical (unpaired) electrons. The lowest BCUT2D eigenvalue weighted by atomic mass is 10.0. The summed E-state index contributed by atoms with van der Waals surface area (Å²) in [6.07, 6.45) is -0.688. The van der Waals surface area contributed by atoms with E-state index >= 15 is 0 Å². The van der Waals surface area contributed by atoms with Gasteiger partial charge in [-0.3, -0.25) is 0 Å². The summed E-state index contributed by atoms with van der Waals surface area (Å²) in [6.45, 7) is 2.48. The summed E-state index contributed by atoms with van der Waals surface area (Å²) in [6, 6.07) is 15.3. The van der Waals surface area contributed by atoms with E-state index in [9.17, 15) is 8.42 Å². The first kappa shape index (κ1) is 17.3. The highest BCUT2D eigenvalue weighted by atomic mass is 32.2. The average molecular weight is 375 g/mol. The number of hydrogen-bond acceptors (Lipinski definition) is 5. The van der Waals surface area contributed by atoms with Gasteiger partial charge in [-0.05, 0) is 30.2 Å². The molecule has 4 rings (SSSR count). The molecule has 6 nitrogen and oxygen atoms in total. The summed E-state index contributed by atoms with van der Waals surface area (Å²) < 4.78 is 43.7. The first-order chi connectivity index (χ1) is 12.6. The van der Waals surface area contributed by atoms with Crippen molar-refractivity contribution in [1.29, 1.82) is 0 Å². The van der Waals surface area contributed by atoms with Crippen molar-refractivity contribution in [2.24, 2.45) is 0 Å². The maximum absolute atomic E-state index is 12.5. The summed E-state index contributed by atoms with van der Waals surface area (Å²) in [5, 5.41) is 0. The van der Waals surface area contributed by atoms with E-state index in [1.807, 2.05) is 48.5 Å². The SMILES string of the molecule is CCS(=O)(=O)N1C[C@@H](c2ccccc2)O[C@@H](c2ccc3c(c2)OCO3)C1. The smallest absolute Gasteiger partial charge is 0.231 e. The van der Waals surface area contributed by atoms with Crippen LogP contribution in [0.15, 0.2) is 48.5 Å². The first-order valence-electron chi connectivity index (χ1n) is 8.64. The van der Waals surface area contributed by atoms with Crippen LogP contribution in [0, 0.1) is 0 Å². The quantitative estimate of drug-likeness (QED) is 0.822. The second-order valence-electron chi connectivity index (χ2n) is 6.35. The van der Waals surface area contributed by atoms with Crippen LogP contribution in [-0.4, -0.2) is 38.4 Å². The van der Waals surface area contributed by atoms with Gasteiger partial charge in [0.15, 0.2) is 11.5 Å². The number of rotatable bonds is 4. The number of nitrogens with zero attached hydrogens (tertiary/aromatic N) is 1. The van der Waals surface area contributed by atoms with Crippen molar-refractivity contribution >= 4 is 10.0 Å². The molecule has 7 heteroatoms. The molecule has 0 saturated carbocycles. The lowest BCUT2D eigenvalue weighted by molar-refractivity contribution is -0.0671. The third-order valence-corrected chi connectivity index (χ3v) is 6.58. The molecule has 2 aromatic carbocycles. The van der Waals surface area contributed by atoms with Crippen LogP contribution in [-0.2, 0) is 14.8 Å². The van der Waals surface area contributed by atoms with Crippen LogP contribution < -0.4 is 9.47 Å². The molecule has 0 N–H and O–H groups in total. The molecule has 1 saturated heterocycles. The van der Waals surface area contributed by atoms with E-state index in [0.717, 1.165) is 11.1 Å². The topological polar surface area (TPSA) is 65.1 Å². The van der Waals surface area contributed by atoms with Crippen molar-refractivity contribution in [3.8, 4) is 11.5 Å². The molecule has 0 aliphatic carbocycles. The zero-order valence-corrected chi connectivity index (χ0v) is 15.3. The molecule has 2 atom stereocenters. The van der Waals surface area contributed by atoms with Gasteiger partial charge in [-0.15, -0.1) is 0 Å². The van der Waals surface area contributed by atoms with Crippen molar-refractivity contribution in [1.82, 2.24) is 4.31 Å². The maximum atomic E-state index is 12.5. The fraction of sp³-hybridized carbons (Fsp3) is 0.368. The molecule has 138 valence electrons. The molecule has 0 aromatic heterocycles. The predicted octanol–water partition coefficient (Wildman–Crippen LogP) is 2.88. The number of benzene rings is 2. The Balaban J connectivity index is 1.67. The summed E-state index contributed by atoms with van der Waals surface area (Å²) in [7, 11) is -3.32. The van der Waals surface area contributed by atoms with E-state index in [1.165, 1.54) is 4.31 Å². The summed E-state index contributed by atoms with van der Waals surface area (Å²) in [5.41, 5.74) is 1.85. The fourth-order valence-electron chi connectivity index (χ4n) is 3.29. The van der Waals surface area contributed by atoms with E-state index in [0.29, 0.717) is 24.6 Å². The molecule has 2 heterocycles. The summed E-state index contributed by atoms with van der Waals surface area (Å²) in [4.78, 5) is 0. The van der Waals surface area contributed by atoms with Gasteiger partial charge < -0.3 is 14.2 Å². The second kappa shape index (κ2) is 6.90. The highest BCUT2D eigenvalue weighted by Crippen LogP contribution is 2.39.